The molecule has 1 aliphatic rings. The summed E-state index contributed by atoms with van der Waals surface area (Å²) in [7, 11) is 0. The fraction of sp³-hybridized carbons (Fsp3) is 0.375. The van der Waals surface area contributed by atoms with Crippen molar-refractivity contribution in [3.63, 3.8) is 0 Å². The lowest BCUT2D eigenvalue weighted by molar-refractivity contribution is 0.216. The summed E-state index contributed by atoms with van der Waals surface area (Å²) in [5, 5.41) is 10.7. The van der Waals surface area contributed by atoms with Gasteiger partial charge in [0.25, 0.3) is 0 Å². The molecule has 1 aliphatic heterocycles. The zero-order valence-corrected chi connectivity index (χ0v) is 13.6. The molecule has 0 bridgehead atoms. The number of hydrogen-bond acceptors (Lipinski definition) is 4. The highest BCUT2D eigenvalue weighted by atomic mass is 79.9. The molecule has 112 valence electrons. The third kappa shape index (κ3) is 2.80. The second-order valence-electron chi connectivity index (χ2n) is 5.14. The van der Waals surface area contributed by atoms with Crippen molar-refractivity contribution in [1.29, 1.82) is 0 Å². The van der Waals surface area contributed by atoms with Crippen LogP contribution in [-0.4, -0.2) is 18.3 Å². The molecular formula is C16H17BrO4. The minimum Gasteiger partial charge on any atom is -0.490 e. The van der Waals surface area contributed by atoms with Gasteiger partial charge in [0.2, 0.25) is 0 Å². The van der Waals surface area contributed by atoms with Crippen LogP contribution in [0.15, 0.2) is 27.1 Å². The number of aryl methyl sites for hydroxylation is 2. The second-order valence-corrected chi connectivity index (χ2v) is 6.00. The highest BCUT2D eigenvalue weighted by molar-refractivity contribution is 9.10. The number of hydrogen-bond donors (Lipinski definition) is 1. The molecule has 1 N–H and O–H groups in total. The zero-order valence-electron chi connectivity index (χ0n) is 12.0. The van der Waals surface area contributed by atoms with Gasteiger partial charge in [0.05, 0.1) is 13.2 Å². The van der Waals surface area contributed by atoms with Crippen LogP contribution in [0.2, 0.25) is 0 Å². The van der Waals surface area contributed by atoms with Crippen LogP contribution in [-0.2, 0) is 0 Å². The van der Waals surface area contributed by atoms with Crippen LogP contribution in [0.5, 0.6) is 11.5 Å². The molecule has 0 fully saturated rings. The molecule has 5 heteroatoms. The van der Waals surface area contributed by atoms with E-state index in [0.29, 0.717) is 24.7 Å². The van der Waals surface area contributed by atoms with E-state index in [0.717, 1.165) is 33.5 Å². The maximum absolute atomic E-state index is 10.7. The van der Waals surface area contributed by atoms with Crippen LogP contribution in [0.25, 0.3) is 0 Å². The van der Waals surface area contributed by atoms with Crippen molar-refractivity contribution in [3.8, 4) is 11.5 Å². The molecular weight excluding hydrogens is 336 g/mol. The average molecular weight is 353 g/mol. The molecule has 1 aromatic carbocycles. The van der Waals surface area contributed by atoms with Crippen molar-refractivity contribution < 1.29 is 19.0 Å². The largest absolute Gasteiger partial charge is 0.490 e. The first kappa shape index (κ1) is 14.5. The number of aliphatic hydroxyl groups is 1. The van der Waals surface area contributed by atoms with E-state index in [1.807, 2.05) is 32.0 Å². The molecule has 0 spiro atoms. The van der Waals surface area contributed by atoms with Gasteiger partial charge >= 0.3 is 0 Å². The minimum absolute atomic E-state index is 0.619. The summed E-state index contributed by atoms with van der Waals surface area (Å²) in [6, 6.07) is 5.54. The molecule has 1 atom stereocenters. The third-order valence-corrected chi connectivity index (χ3v) is 4.22. The monoisotopic (exact) mass is 352 g/mol. The summed E-state index contributed by atoms with van der Waals surface area (Å²) in [6.45, 7) is 4.98. The maximum atomic E-state index is 10.7. The van der Waals surface area contributed by atoms with Crippen LogP contribution >= 0.6 is 15.9 Å². The smallest absolute Gasteiger partial charge is 0.162 e. The fourth-order valence-electron chi connectivity index (χ4n) is 2.50. The topological polar surface area (TPSA) is 51.8 Å². The fourth-order valence-corrected chi connectivity index (χ4v) is 3.04. The molecule has 21 heavy (non-hydrogen) atoms. The van der Waals surface area contributed by atoms with Crippen LogP contribution < -0.4 is 9.47 Å². The lowest BCUT2D eigenvalue weighted by atomic mass is 10.0. The van der Waals surface area contributed by atoms with E-state index < -0.39 is 6.10 Å². The summed E-state index contributed by atoms with van der Waals surface area (Å²) in [4.78, 5) is 0. The van der Waals surface area contributed by atoms with Gasteiger partial charge in [0, 0.05) is 22.0 Å². The summed E-state index contributed by atoms with van der Waals surface area (Å²) >= 11 is 3.50. The Morgan fingerprint density at radius 2 is 1.71 bits per heavy atom. The highest BCUT2D eigenvalue weighted by Gasteiger charge is 2.22. The van der Waals surface area contributed by atoms with Gasteiger partial charge in [-0.3, -0.25) is 0 Å². The molecule has 3 rings (SSSR count). The van der Waals surface area contributed by atoms with Gasteiger partial charge in [-0.25, -0.2) is 0 Å². The molecule has 0 saturated carbocycles. The Labute approximate surface area is 131 Å². The predicted octanol–water partition coefficient (Wildman–Crippen LogP) is 3.90. The summed E-state index contributed by atoms with van der Waals surface area (Å²) < 4.78 is 17.6. The summed E-state index contributed by atoms with van der Waals surface area (Å²) in [5.41, 5.74) is 1.51. The number of fused-ring (bicyclic) bond motifs is 1. The van der Waals surface area contributed by atoms with Gasteiger partial charge in [-0.2, -0.15) is 0 Å². The van der Waals surface area contributed by atoms with Crippen molar-refractivity contribution in [2.45, 2.75) is 26.4 Å². The molecule has 1 aromatic heterocycles. The molecule has 0 radical (unpaired) electrons. The SMILES string of the molecule is Cc1cc(C(O)c2cc3c(cc2Br)OCCCO3)c(C)o1. The van der Waals surface area contributed by atoms with Crippen LogP contribution in [0, 0.1) is 13.8 Å². The number of aliphatic hydroxyl groups excluding tert-OH is 1. The van der Waals surface area contributed by atoms with E-state index in [9.17, 15) is 5.11 Å². The first-order chi connectivity index (χ1) is 10.1. The average Bonchev–Trinajstić information content (AvgIpc) is 2.64. The molecule has 0 amide bonds. The van der Waals surface area contributed by atoms with Gasteiger partial charge in [-0.05, 0) is 32.0 Å². The van der Waals surface area contributed by atoms with E-state index in [-0.39, 0.29) is 0 Å². The van der Waals surface area contributed by atoms with Gasteiger partial charge in [0.15, 0.2) is 11.5 Å². The maximum Gasteiger partial charge on any atom is 0.162 e. The second kappa shape index (κ2) is 5.73. The van der Waals surface area contributed by atoms with E-state index in [1.165, 1.54) is 0 Å². The van der Waals surface area contributed by atoms with Gasteiger partial charge < -0.3 is 19.0 Å². The molecule has 2 heterocycles. The Morgan fingerprint density at radius 1 is 1.05 bits per heavy atom. The number of benzene rings is 1. The Morgan fingerprint density at radius 3 is 2.33 bits per heavy atom. The first-order valence-corrected chi connectivity index (χ1v) is 7.69. The van der Waals surface area contributed by atoms with Crippen molar-refractivity contribution in [2.75, 3.05) is 13.2 Å². The van der Waals surface area contributed by atoms with Gasteiger partial charge in [-0.1, -0.05) is 15.9 Å². The number of ether oxygens (including phenoxy) is 2. The van der Waals surface area contributed by atoms with Gasteiger partial charge in [0.1, 0.15) is 17.6 Å². The van der Waals surface area contributed by atoms with Crippen LogP contribution in [0.3, 0.4) is 0 Å². The third-order valence-electron chi connectivity index (χ3n) is 3.54. The number of furan rings is 1. The minimum atomic E-state index is -0.769. The summed E-state index contributed by atoms with van der Waals surface area (Å²) in [5.74, 6) is 2.88. The molecule has 1 unspecified atom stereocenters. The normalized spacial score (nSPS) is 15.6. The number of halogens is 1. The lowest BCUT2D eigenvalue weighted by Crippen LogP contribution is -2.02. The molecule has 0 aliphatic carbocycles. The van der Waals surface area contributed by atoms with E-state index in [1.54, 1.807) is 0 Å². The van der Waals surface area contributed by atoms with Crippen molar-refractivity contribution in [3.05, 3.63) is 45.3 Å². The first-order valence-electron chi connectivity index (χ1n) is 6.90. The van der Waals surface area contributed by atoms with Crippen molar-refractivity contribution >= 4 is 15.9 Å². The Kier molecular flexibility index (Phi) is 3.95. The Hall–Kier alpha value is -1.46. The Balaban J connectivity index is 2.02. The van der Waals surface area contributed by atoms with E-state index in [2.05, 4.69) is 15.9 Å². The summed E-state index contributed by atoms with van der Waals surface area (Å²) in [6.07, 6.45) is 0.0819. The lowest BCUT2D eigenvalue weighted by Gasteiger charge is -2.16. The highest BCUT2D eigenvalue weighted by Crippen LogP contribution is 2.40. The molecule has 0 saturated heterocycles. The van der Waals surface area contributed by atoms with Crippen LogP contribution in [0.1, 0.15) is 35.2 Å². The van der Waals surface area contributed by atoms with Crippen molar-refractivity contribution in [2.24, 2.45) is 0 Å². The zero-order chi connectivity index (χ0) is 15.0. The molecule has 2 aromatic rings. The predicted molar refractivity (Wildman–Crippen MR) is 82.0 cm³/mol. The quantitative estimate of drug-likeness (QED) is 0.890. The Bertz CT molecular complexity index is 663. The number of rotatable bonds is 2. The van der Waals surface area contributed by atoms with E-state index >= 15 is 0 Å². The van der Waals surface area contributed by atoms with E-state index in [4.69, 9.17) is 13.9 Å². The van der Waals surface area contributed by atoms with Gasteiger partial charge in [-0.15, -0.1) is 0 Å². The molecule has 4 nitrogen and oxygen atoms in total. The van der Waals surface area contributed by atoms with Crippen LogP contribution in [0.4, 0.5) is 0 Å². The van der Waals surface area contributed by atoms with Crippen molar-refractivity contribution in [1.82, 2.24) is 0 Å². The standard InChI is InChI=1S/C16H17BrO4/c1-9-6-11(10(2)21-9)16(18)12-7-14-15(8-13(12)17)20-5-3-4-19-14/h6-8,16,18H,3-5H2,1-2H3.